The largest absolute Gasteiger partial charge is 0.384 e. The molecule has 142 valence electrons. The predicted octanol–water partition coefficient (Wildman–Crippen LogP) is 4.79. The molecule has 0 saturated carbocycles. The number of para-hydroxylation sites is 2. The molecule has 0 saturated heterocycles. The van der Waals surface area contributed by atoms with Gasteiger partial charge >= 0.3 is 6.03 Å². The van der Waals surface area contributed by atoms with Gasteiger partial charge in [-0.25, -0.2) is 4.79 Å². The number of hydrogen-bond acceptors (Lipinski definition) is 3. The van der Waals surface area contributed by atoms with Gasteiger partial charge in [-0.3, -0.25) is 5.41 Å². The van der Waals surface area contributed by atoms with Crippen LogP contribution in [0.25, 0.3) is 0 Å². The van der Waals surface area contributed by atoms with E-state index in [1.54, 1.807) is 24.3 Å². The van der Waals surface area contributed by atoms with E-state index in [0.717, 1.165) is 11.3 Å². The molecule has 0 unspecified atom stereocenters. The number of nitrogen functional groups attached to an aromatic ring is 1. The maximum atomic E-state index is 12.4. The third kappa shape index (κ3) is 4.88. The maximum Gasteiger partial charge on any atom is 0.323 e. The fourth-order valence-electron chi connectivity index (χ4n) is 2.79. The summed E-state index contributed by atoms with van der Waals surface area (Å²) in [6.45, 7) is 2.07. The number of urea groups is 1. The molecule has 0 aliphatic rings. The zero-order chi connectivity index (χ0) is 19.9. The molecule has 0 aliphatic carbocycles. The molecular formula is C22H23N5O. The van der Waals surface area contributed by atoms with Crippen LogP contribution < -0.4 is 21.7 Å². The zero-order valence-corrected chi connectivity index (χ0v) is 15.6. The van der Waals surface area contributed by atoms with Crippen LogP contribution in [0.3, 0.4) is 0 Å². The molecule has 28 heavy (non-hydrogen) atoms. The van der Waals surface area contributed by atoms with Crippen molar-refractivity contribution in [1.29, 1.82) is 5.41 Å². The number of nitrogens with two attached hydrogens (primary N) is 1. The van der Waals surface area contributed by atoms with Crippen molar-refractivity contribution in [2.45, 2.75) is 13.0 Å². The average Bonchev–Trinajstić information content (AvgIpc) is 2.70. The lowest BCUT2D eigenvalue weighted by Gasteiger charge is -2.19. The number of benzene rings is 3. The molecule has 0 bridgehead atoms. The SMILES string of the molecule is C[C@H](Nc1ccccc1NC(=O)Nc1ccc(C(=N)N)cc1)c1ccccc1. The first kappa shape index (κ1) is 19.0. The van der Waals surface area contributed by atoms with Crippen molar-refractivity contribution in [3.8, 4) is 0 Å². The molecule has 6 N–H and O–H groups in total. The van der Waals surface area contributed by atoms with Crippen molar-refractivity contribution in [3.63, 3.8) is 0 Å². The summed E-state index contributed by atoms with van der Waals surface area (Å²) in [7, 11) is 0. The highest BCUT2D eigenvalue weighted by Crippen LogP contribution is 2.26. The van der Waals surface area contributed by atoms with Crippen molar-refractivity contribution in [1.82, 2.24) is 0 Å². The highest BCUT2D eigenvalue weighted by Gasteiger charge is 2.10. The Morgan fingerprint density at radius 1 is 0.857 bits per heavy atom. The Labute approximate surface area is 164 Å². The number of hydrogen-bond donors (Lipinski definition) is 5. The van der Waals surface area contributed by atoms with Crippen molar-refractivity contribution in [2.75, 3.05) is 16.0 Å². The van der Waals surface area contributed by atoms with Crippen LogP contribution in [0.4, 0.5) is 21.9 Å². The molecule has 1 atom stereocenters. The van der Waals surface area contributed by atoms with Gasteiger partial charge < -0.3 is 21.7 Å². The molecule has 0 aliphatic heterocycles. The summed E-state index contributed by atoms with van der Waals surface area (Å²) in [5.74, 6) is -0.0106. The topological polar surface area (TPSA) is 103 Å². The normalized spacial score (nSPS) is 11.3. The molecular weight excluding hydrogens is 350 g/mol. The molecule has 6 nitrogen and oxygen atoms in total. The van der Waals surface area contributed by atoms with Gasteiger partial charge in [0.05, 0.1) is 11.4 Å². The highest BCUT2D eigenvalue weighted by atomic mass is 16.2. The van der Waals surface area contributed by atoms with Gasteiger partial charge in [0.25, 0.3) is 0 Å². The summed E-state index contributed by atoms with van der Waals surface area (Å²) in [5.41, 5.74) is 9.34. The van der Waals surface area contributed by atoms with E-state index in [1.807, 2.05) is 42.5 Å². The number of amides is 2. The monoisotopic (exact) mass is 373 g/mol. The lowest BCUT2D eigenvalue weighted by Crippen LogP contribution is -2.20. The second-order valence-electron chi connectivity index (χ2n) is 6.39. The minimum absolute atomic E-state index is 0.0106. The van der Waals surface area contributed by atoms with Gasteiger partial charge in [0.2, 0.25) is 0 Å². The number of nitrogens with one attached hydrogen (secondary N) is 4. The molecule has 3 aromatic carbocycles. The summed E-state index contributed by atoms with van der Waals surface area (Å²) in [6, 6.07) is 24.2. The summed E-state index contributed by atoms with van der Waals surface area (Å²) in [6.07, 6.45) is 0. The number of carbonyl (C=O) groups excluding carboxylic acids is 1. The number of anilines is 3. The van der Waals surface area contributed by atoms with Crippen LogP contribution in [0.1, 0.15) is 24.1 Å². The Hall–Kier alpha value is -3.80. The standard InChI is InChI=1S/C22H23N5O/c1-15(16-7-3-2-4-8-16)25-19-9-5-6-10-20(19)27-22(28)26-18-13-11-17(12-14-18)21(23)24/h2-15,25H,1H3,(H3,23,24)(H2,26,27,28)/t15-/m0/s1. The van der Waals surface area contributed by atoms with E-state index < -0.39 is 0 Å². The van der Waals surface area contributed by atoms with Crippen molar-refractivity contribution >= 4 is 28.9 Å². The van der Waals surface area contributed by atoms with Crippen molar-refractivity contribution in [2.24, 2.45) is 5.73 Å². The molecule has 0 aromatic heterocycles. The number of carbonyl (C=O) groups is 1. The van der Waals surface area contributed by atoms with Gasteiger partial charge in [-0.1, -0.05) is 42.5 Å². The van der Waals surface area contributed by atoms with E-state index in [9.17, 15) is 4.79 Å². The van der Waals surface area contributed by atoms with Gasteiger partial charge in [0, 0.05) is 17.3 Å². The first-order valence-corrected chi connectivity index (χ1v) is 8.96. The van der Waals surface area contributed by atoms with Crippen LogP contribution in [0.5, 0.6) is 0 Å². The minimum atomic E-state index is -0.350. The number of amidine groups is 1. The Morgan fingerprint density at radius 3 is 2.11 bits per heavy atom. The second-order valence-corrected chi connectivity index (χ2v) is 6.39. The first-order valence-electron chi connectivity index (χ1n) is 8.96. The summed E-state index contributed by atoms with van der Waals surface area (Å²) in [5, 5.41) is 16.5. The fourth-order valence-corrected chi connectivity index (χ4v) is 2.79. The van der Waals surface area contributed by atoms with Gasteiger partial charge in [0.15, 0.2) is 0 Å². The third-order valence-electron chi connectivity index (χ3n) is 4.30. The molecule has 6 heteroatoms. The van der Waals surface area contributed by atoms with Crippen LogP contribution in [0.15, 0.2) is 78.9 Å². The summed E-state index contributed by atoms with van der Waals surface area (Å²) in [4.78, 5) is 12.4. The van der Waals surface area contributed by atoms with Crippen molar-refractivity contribution < 1.29 is 4.79 Å². The van der Waals surface area contributed by atoms with Gasteiger partial charge in [-0.15, -0.1) is 0 Å². The Morgan fingerprint density at radius 2 is 1.46 bits per heavy atom. The number of rotatable bonds is 6. The van der Waals surface area contributed by atoms with Crippen LogP contribution in [-0.4, -0.2) is 11.9 Å². The molecule has 0 fully saturated rings. The second kappa shape index (κ2) is 8.73. The maximum absolute atomic E-state index is 12.4. The lowest BCUT2D eigenvalue weighted by atomic mass is 10.1. The Kier molecular flexibility index (Phi) is 5.91. The molecule has 2 amide bonds. The van der Waals surface area contributed by atoms with Crippen LogP contribution in [0, 0.1) is 5.41 Å². The molecule has 3 rings (SSSR count). The summed E-state index contributed by atoms with van der Waals surface area (Å²) < 4.78 is 0. The average molecular weight is 373 g/mol. The van der Waals surface area contributed by atoms with E-state index in [4.69, 9.17) is 11.1 Å². The van der Waals surface area contributed by atoms with Crippen LogP contribution >= 0.6 is 0 Å². The van der Waals surface area contributed by atoms with E-state index >= 15 is 0 Å². The van der Waals surface area contributed by atoms with E-state index in [2.05, 4.69) is 35.0 Å². The quantitative estimate of drug-likeness (QED) is 0.317. The first-order chi connectivity index (χ1) is 13.5. The van der Waals surface area contributed by atoms with Gasteiger partial charge in [-0.05, 0) is 48.9 Å². The summed E-state index contributed by atoms with van der Waals surface area (Å²) >= 11 is 0. The van der Waals surface area contributed by atoms with Gasteiger partial charge in [0.1, 0.15) is 5.84 Å². The minimum Gasteiger partial charge on any atom is -0.384 e. The molecule has 3 aromatic rings. The van der Waals surface area contributed by atoms with E-state index in [0.29, 0.717) is 16.9 Å². The predicted molar refractivity (Wildman–Crippen MR) is 115 cm³/mol. The van der Waals surface area contributed by atoms with Crippen LogP contribution in [0.2, 0.25) is 0 Å². The lowest BCUT2D eigenvalue weighted by molar-refractivity contribution is 0.262. The van der Waals surface area contributed by atoms with Gasteiger partial charge in [-0.2, -0.15) is 0 Å². The molecule has 0 spiro atoms. The molecule has 0 radical (unpaired) electrons. The smallest absolute Gasteiger partial charge is 0.323 e. The highest BCUT2D eigenvalue weighted by molar-refractivity contribution is 6.02. The zero-order valence-electron chi connectivity index (χ0n) is 15.6. The Balaban J connectivity index is 1.67. The van der Waals surface area contributed by atoms with Crippen LogP contribution in [-0.2, 0) is 0 Å². The Bertz CT molecular complexity index is 954. The third-order valence-corrected chi connectivity index (χ3v) is 4.30. The van der Waals surface area contributed by atoms with E-state index in [-0.39, 0.29) is 17.9 Å². The molecule has 0 heterocycles. The van der Waals surface area contributed by atoms with E-state index in [1.165, 1.54) is 0 Å². The van der Waals surface area contributed by atoms with Crippen molar-refractivity contribution in [3.05, 3.63) is 90.0 Å². The fraction of sp³-hybridized carbons (Fsp3) is 0.0909.